The Hall–Kier alpha value is -2.64. The van der Waals surface area contributed by atoms with Crippen molar-refractivity contribution in [1.82, 2.24) is 19.7 Å². The monoisotopic (exact) mass is 235 g/mol. The van der Waals surface area contributed by atoms with Gasteiger partial charge in [0.05, 0.1) is 5.69 Å². The predicted octanol–water partition coefficient (Wildman–Crippen LogP) is 0.283. The Morgan fingerprint density at radius 2 is 2.29 bits per heavy atom. The summed E-state index contributed by atoms with van der Waals surface area (Å²) in [6, 6.07) is 2.74. The zero-order valence-corrected chi connectivity index (χ0v) is 8.86. The lowest BCUT2D eigenvalue weighted by atomic mass is 10.3. The van der Waals surface area contributed by atoms with Gasteiger partial charge in [-0.1, -0.05) is 0 Å². The van der Waals surface area contributed by atoms with Crippen LogP contribution in [0.2, 0.25) is 0 Å². The molecule has 0 spiro atoms. The van der Waals surface area contributed by atoms with Crippen molar-refractivity contribution in [2.75, 3.05) is 5.73 Å². The molecule has 0 fully saturated rings. The second kappa shape index (κ2) is 4.08. The topological polar surface area (TPSA) is 116 Å². The first-order valence-corrected chi connectivity index (χ1v) is 4.59. The smallest absolute Gasteiger partial charge is 0.354 e. The molecule has 3 N–H and O–H groups in total. The number of carboxylic acid groups (broad SMARTS) is 1. The highest BCUT2D eigenvalue weighted by atomic mass is 16.5. The van der Waals surface area contributed by atoms with Crippen LogP contribution in [0.25, 0.3) is 0 Å². The second-order valence-electron chi connectivity index (χ2n) is 3.20. The summed E-state index contributed by atoms with van der Waals surface area (Å²) >= 11 is 0. The van der Waals surface area contributed by atoms with Crippen molar-refractivity contribution in [1.29, 1.82) is 0 Å². The van der Waals surface area contributed by atoms with Crippen LogP contribution in [-0.2, 0) is 7.05 Å². The van der Waals surface area contributed by atoms with Gasteiger partial charge in [0.2, 0.25) is 5.88 Å². The molecule has 8 nitrogen and oxygen atoms in total. The standard InChI is InChI=1S/C9H9N5O3/c1-14-4-11-9(13-14)17-7-5(10)2-3-6(12-7)8(15)16/h2-4H,10H2,1H3,(H,15,16). The van der Waals surface area contributed by atoms with E-state index in [0.29, 0.717) is 0 Å². The zero-order chi connectivity index (χ0) is 12.4. The van der Waals surface area contributed by atoms with Crippen molar-refractivity contribution in [2.45, 2.75) is 0 Å². The molecule has 0 aliphatic carbocycles. The Bertz CT molecular complexity index is 566. The van der Waals surface area contributed by atoms with Gasteiger partial charge in [0.1, 0.15) is 6.33 Å². The van der Waals surface area contributed by atoms with E-state index in [1.165, 1.54) is 23.1 Å². The van der Waals surface area contributed by atoms with Crippen molar-refractivity contribution >= 4 is 11.7 Å². The van der Waals surface area contributed by atoms with E-state index in [1.807, 2.05) is 0 Å². The fourth-order valence-electron chi connectivity index (χ4n) is 1.10. The summed E-state index contributed by atoms with van der Waals surface area (Å²) < 4.78 is 6.62. The van der Waals surface area contributed by atoms with E-state index in [0.717, 1.165) is 0 Å². The molecule has 8 heteroatoms. The molecular formula is C9H9N5O3. The van der Waals surface area contributed by atoms with Crippen LogP contribution in [0.1, 0.15) is 10.5 Å². The highest BCUT2D eigenvalue weighted by Gasteiger charge is 2.12. The first kappa shape index (κ1) is 10.9. The molecule has 0 saturated carbocycles. The molecule has 0 amide bonds. The van der Waals surface area contributed by atoms with Crippen LogP contribution in [-0.4, -0.2) is 30.8 Å². The molecule has 0 aromatic carbocycles. The van der Waals surface area contributed by atoms with Gasteiger partial charge in [0.15, 0.2) is 5.69 Å². The van der Waals surface area contributed by atoms with Gasteiger partial charge >= 0.3 is 12.0 Å². The van der Waals surface area contributed by atoms with Crippen molar-refractivity contribution < 1.29 is 14.6 Å². The van der Waals surface area contributed by atoms with Crippen LogP contribution >= 0.6 is 0 Å². The van der Waals surface area contributed by atoms with Crippen molar-refractivity contribution in [2.24, 2.45) is 7.05 Å². The quantitative estimate of drug-likeness (QED) is 0.784. The Labute approximate surface area is 95.7 Å². The molecule has 0 aliphatic rings. The minimum absolute atomic E-state index is 0.0314. The largest absolute Gasteiger partial charge is 0.477 e. The summed E-state index contributed by atoms with van der Waals surface area (Å²) in [5.41, 5.74) is 5.65. The van der Waals surface area contributed by atoms with Gasteiger partial charge in [-0.15, -0.1) is 5.10 Å². The summed E-state index contributed by atoms with van der Waals surface area (Å²) in [6.45, 7) is 0. The summed E-state index contributed by atoms with van der Waals surface area (Å²) in [4.78, 5) is 18.3. The number of hydrogen-bond acceptors (Lipinski definition) is 6. The number of hydrogen-bond donors (Lipinski definition) is 2. The lowest BCUT2D eigenvalue weighted by Crippen LogP contribution is -2.04. The van der Waals surface area contributed by atoms with E-state index in [2.05, 4.69) is 15.1 Å². The van der Waals surface area contributed by atoms with Gasteiger partial charge in [0, 0.05) is 7.05 Å². The fraction of sp³-hybridized carbons (Fsp3) is 0.111. The van der Waals surface area contributed by atoms with Gasteiger partial charge in [-0.25, -0.2) is 9.78 Å². The molecule has 0 radical (unpaired) electrons. The molecule has 0 bridgehead atoms. The number of ether oxygens (including phenoxy) is 1. The van der Waals surface area contributed by atoms with Crippen molar-refractivity contribution in [3.05, 3.63) is 24.2 Å². The first-order chi connectivity index (χ1) is 8.06. The SMILES string of the molecule is Cn1cnc(Oc2nc(C(=O)O)ccc2N)n1. The average Bonchev–Trinajstić information content (AvgIpc) is 2.67. The maximum Gasteiger partial charge on any atom is 0.354 e. The summed E-state index contributed by atoms with van der Waals surface area (Å²) in [7, 11) is 1.67. The first-order valence-electron chi connectivity index (χ1n) is 4.59. The van der Waals surface area contributed by atoms with E-state index in [4.69, 9.17) is 15.6 Å². The predicted molar refractivity (Wildman–Crippen MR) is 56.7 cm³/mol. The van der Waals surface area contributed by atoms with Crippen LogP contribution in [0.5, 0.6) is 11.9 Å². The molecular weight excluding hydrogens is 226 g/mol. The number of nitrogens with zero attached hydrogens (tertiary/aromatic N) is 4. The number of aromatic nitrogens is 4. The number of aromatic carboxylic acids is 1. The highest BCUT2D eigenvalue weighted by Crippen LogP contribution is 2.22. The van der Waals surface area contributed by atoms with Crippen LogP contribution < -0.4 is 10.5 Å². The minimum atomic E-state index is -1.16. The molecule has 0 aliphatic heterocycles. The molecule has 2 rings (SSSR count). The number of pyridine rings is 1. The molecule has 2 aromatic heterocycles. The third-order valence-electron chi connectivity index (χ3n) is 1.88. The third kappa shape index (κ3) is 2.30. The van der Waals surface area contributed by atoms with E-state index < -0.39 is 5.97 Å². The summed E-state index contributed by atoms with van der Waals surface area (Å²) in [5, 5.41) is 12.6. The number of rotatable bonds is 3. The van der Waals surface area contributed by atoms with Crippen LogP contribution in [0.15, 0.2) is 18.5 Å². The molecule has 17 heavy (non-hydrogen) atoms. The summed E-state index contributed by atoms with van der Waals surface area (Å²) in [5.74, 6) is -1.19. The normalized spacial score (nSPS) is 10.2. The maximum atomic E-state index is 10.7. The Morgan fingerprint density at radius 3 is 2.88 bits per heavy atom. The zero-order valence-electron chi connectivity index (χ0n) is 8.86. The van der Waals surface area contributed by atoms with E-state index >= 15 is 0 Å². The molecule has 2 heterocycles. The lowest BCUT2D eigenvalue weighted by Gasteiger charge is -2.04. The van der Waals surface area contributed by atoms with Gasteiger partial charge in [-0.05, 0) is 12.1 Å². The number of anilines is 1. The van der Waals surface area contributed by atoms with E-state index in [9.17, 15) is 4.79 Å². The van der Waals surface area contributed by atoms with E-state index in [-0.39, 0.29) is 23.3 Å². The molecule has 0 atom stereocenters. The average molecular weight is 235 g/mol. The molecule has 0 unspecified atom stereocenters. The molecule has 2 aromatic rings. The Balaban J connectivity index is 2.31. The number of nitrogens with two attached hydrogens (primary N) is 1. The van der Waals surface area contributed by atoms with Crippen LogP contribution in [0.4, 0.5) is 5.69 Å². The van der Waals surface area contributed by atoms with Gasteiger partial charge in [-0.3, -0.25) is 4.68 Å². The Kier molecular flexibility index (Phi) is 2.61. The number of aryl methyl sites for hydroxylation is 1. The third-order valence-corrected chi connectivity index (χ3v) is 1.88. The number of carbonyl (C=O) groups is 1. The number of nitrogen functional groups attached to an aromatic ring is 1. The molecule has 0 saturated heterocycles. The van der Waals surface area contributed by atoms with Crippen molar-refractivity contribution in [3.63, 3.8) is 0 Å². The fourth-order valence-corrected chi connectivity index (χ4v) is 1.10. The van der Waals surface area contributed by atoms with Crippen molar-refractivity contribution in [3.8, 4) is 11.9 Å². The van der Waals surface area contributed by atoms with E-state index in [1.54, 1.807) is 7.05 Å². The highest BCUT2D eigenvalue weighted by molar-refractivity contribution is 5.86. The lowest BCUT2D eigenvalue weighted by molar-refractivity contribution is 0.0689. The summed E-state index contributed by atoms with van der Waals surface area (Å²) in [6.07, 6.45) is 1.44. The minimum Gasteiger partial charge on any atom is -0.477 e. The molecule has 88 valence electrons. The second-order valence-corrected chi connectivity index (χ2v) is 3.20. The van der Waals surface area contributed by atoms with Gasteiger partial charge in [0.25, 0.3) is 0 Å². The maximum absolute atomic E-state index is 10.7. The number of carboxylic acids is 1. The Morgan fingerprint density at radius 1 is 1.53 bits per heavy atom. The van der Waals surface area contributed by atoms with Gasteiger partial charge < -0.3 is 15.6 Å². The van der Waals surface area contributed by atoms with Crippen LogP contribution in [0.3, 0.4) is 0 Å². The van der Waals surface area contributed by atoms with Gasteiger partial charge in [-0.2, -0.15) is 4.98 Å². The van der Waals surface area contributed by atoms with Crippen LogP contribution in [0, 0.1) is 0 Å².